The average molecular weight is 386 g/mol. The van der Waals surface area contributed by atoms with Crippen LogP contribution in [0.3, 0.4) is 0 Å². The molecule has 2 fully saturated rings. The third kappa shape index (κ3) is 4.86. The zero-order valence-electron chi connectivity index (χ0n) is 14.3. The smallest absolute Gasteiger partial charge is 0.240 e. The van der Waals surface area contributed by atoms with Gasteiger partial charge in [0.1, 0.15) is 0 Å². The Kier molecular flexibility index (Phi) is 6.23. The molecule has 5 nitrogen and oxygen atoms in total. The molecule has 2 heterocycles. The van der Waals surface area contributed by atoms with Crippen LogP contribution in [0.5, 0.6) is 0 Å². The summed E-state index contributed by atoms with van der Waals surface area (Å²) < 4.78 is 5.31. The first-order chi connectivity index (χ1) is 12.0. The topological polar surface area (TPSA) is 67.6 Å². The summed E-state index contributed by atoms with van der Waals surface area (Å²) in [5.74, 6) is -0.0290. The molecular weight excluding hydrogens is 361 g/mol. The molecule has 0 radical (unpaired) electrons. The summed E-state index contributed by atoms with van der Waals surface area (Å²) in [6, 6.07) is 5.95. The van der Waals surface area contributed by atoms with Gasteiger partial charge in [0.05, 0.1) is 15.6 Å². The third-order valence-electron chi connectivity index (χ3n) is 5.15. The van der Waals surface area contributed by atoms with Crippen LogP contribution in [0.1, 0.15) is 31.2 Å². The molecular formula is C18H25Cl2N3O2. The van der Waals surface area contributed by atoms with Crippen molar-refractivity contribution in [2.75, 3.05) is 26.3 Å². The largest absolute Gasteiger partial charge is 0.381 e. The van der Waals surface area contributed by atoms with E-state index in [4.69, 9.17) is 33.7 Å². The van der Waals surface area contributed by atoms with Crippen LogP contribution in [-0.4, -0.2) is 48.7 Å². The molecule has 138 valence electrons. The molecule has 0 aromatic heterocycles. The highest BCUT2D eigenvalue weighted by atomic mass is 35.5. The molecule has 1 aromatic rings. The van der Waals surface area contributed by atoms with Crippen molar-refractivity contribution in [3.05, 3.63) is 33.8 Å². The van der Waals surface area contributed by atoms with E-state index in [0.717, 1.165) is 38.0 Å². The van der Waals surface area contributed by atoms with E-state index in [1.165, 1.54) is 0 Å². The number of nitrogens with zero attached hydrogens (tertiary/aromatic N) is 1. The number of hydrogen-bond acceptors (Lipinski definition) is 4. The number of carbonyl (C=O) groups is 1. The zero-order valence-corrected chi connectivity index (χ0v) is 15.8. The SMILES string of the molecule is NC1(C(=O)NC2CCN(Cc3ccc(Cl)c(Cl)c3)CC2)CCOCC1. The second kappa shape index (κ2) is 8.23. The van der Waals surface area contributed by atoms with Crippen LogP contribution in [0.25, 0.3) is 0 Å². The average Bonchev–Trinajstić information content (AvgIpc) is 2.60. The molecule has 0 spiro atoms. The van der Waals surface area contributed by atoms with Gasteiger partial charge in [-0.05, 0) is 43.4 Å². The molecule has 0 aliphatic carbocycles. The molecule has 0 saturated carbocycles. The molecule has 0 bridgehead atoms. The molecule has 2 aliphatic rings. The predicted molar refractivity (Wildman–Crippen MR) is 99.9 cm³/mol. The number of nitrogens with two attached hydrogens (primary N) is 1. The predicted octanol–water partition coefficient (Wildman–Crippen LogP) is 2.58. The van der Waals surface area contributed by atoms with E-state index in [2.05, 4.69) is 10.2 Å². The first-order valence-electron chi connectivity index (χ1n) is 8.80. The number of amides is 1. The van der Waals surface area contributed by atoms with Gasteiger partial charge in [0.2, 0.25) is 5.91 Å². The minimum absolute atomic E-state index is 0.0290. The van der Waals surface area contributed by atoms with Crippen molar-refractivity contribution in [3.8, 4) is 0 Å². The Morgan fingerprint density at radius 2 is 1.92 bits per heavy atom. The molecule has 0 atom stereocenters. The van der Waals surface area contributed by atoms with Crippen molar-refractivity contribution in [2.24, 2.45) is 5.73 Å². The maximum Gasteiger partial charge on any atom is 0.240 e. The first kappa shape index (κ1) is 18.9. The van der Waals surface area contributed by atoms with Crippen molar-refractivity contribution in [1.29, 1.82) is 0 Å². The van der Waals surface area contributed by atoms with Crippen LogP contribution in [-0.2, 0) is 16.1 Å². The maximum absolute atomic E-state index is 12.5. The summed E-state index contributed by atoms with van der Waals surface area (Å²) >= 11 is 12.0. The number of piperidine rings is 1. The quantitative estimate of drug-likeness (QED) is 0.835. The van der Waals surface area contributed by atoms with E-state index < -0.39 is 5.54 Å². The fraction of sp³-hybridized carbons (Fsp3) is 0.611. The zero-order chi connectivity index (χ0) is 17.9. The summed E-state index contributed by atoms with van der Waals surface area (Å²) in [5.41, 5.74) is 6.63. The van der Waals surface area contributed by atoms with Gasteiger partial charge >= 0.3 is 0 Å². The Morgan fingerprint density at radius 1 is 1.24 bits per heavy atom. The second-order valence-electron chi connectivity index (χ2n) is 7.04. The van der Waals surface area contributed by atoms with Crippen LogP contribution in [0.15, 0.2) is 18.2 Å². The summed E-state index contributed by atoms with van der Waals surface area (Å²) in [7, 11) is 0. The molecule has 1 aromatic carbocycles. The first-order valence-corrected chi connectivity index (χ1v) is 9.56. The normalized spacial score (nSPS) is 21.9. The molecule has 0 unspecified atom stereocenters. The lowest BCUT2D eigenvalue weighted by Crippen LogP contribution is -2.59. The number of benzene rings is 1. The molecule has 3 rings (SSSR count). The standard InChI is InChI=1S/C18H25Cl2N3O2/c19-15-2-1-13(11-16(15)20)12-23-7-3-14(4-8-23)22-17(24)18(21)5-9-25-10-6-18/h1-2,11,14H,3-10,12,21H2,(H,22,24). The van der Waals surface area contributed by atoms with Gasteiger partial charge in [-0.2, -0.15) is 0 Å². The Bertz CT molecular complexity index is 612. The number of likely N-dealkylation sites (tertiary alicyclic amines) is 1. The van der Waals surface area contributed by atoms with Crippen LogP contribution >= 0.6 is 23.2 Å². The van der Waals surface area contributed by atoms with Gasteiger partial charge in [0.25, 0.3) is 0 Å². The molecule has 2 aliphatic heterocycles. The summed E-state index contributed by atoms with van der Waals surface area (Å²) in [5, 5.41) is 4.31. The van der Waals surface area contributed by atoms with E-state index >= 15 is 0 Å². The van der Waals surface area contributed by atoms with E-state index in [-0.39, 0.29) is 11.9 Å². The van der Waals surface area contributed by atoms with Gasteiger partial charge in [-0.3, -0.25) is 9.69 Å². The van der Waals surface area contributed by atoms with Gasteiger partial charge in [-0.15, -0.1) is 0 Å². The monoisotopic (exact) mass is 385 g/mol. The van der Waals surface area contributed by atoms with E-state index in [1.807, 2.05) is 18.2 Å². The van der Waals surface area contributed by atoms with Gasteiger partial charge in [0, 0.05) is 38.9 Å². The number of ether oxygens (including phenoxy) is 1. The van der Waals surface area contributed by atoms with Gasteiger partial charge in [-0.25, -0.2) is 0 Å². The molecule has 25 heavy (non-hydrogen) atoms. The fourth-order valence-electron chi connectivity index (χ4n) is 3.42. The number of rotatable bonds is 4. The van der Waals surface area contributed by atoms with E-state index in [9.17, 15) is 4.79 Å². The summed E-state index contributed by atoms with van der Waals surface area (Å²) in [4.78, 5) is 14.9. The minimum atomic E-state index is -0.768. The lowest BCUT2D eigenvalue weighted by Gasteiger charge is -2.36. The Balaban J connectivity index is 1.46. The summed E-state index contributed by atoms with van der Waals surface area (Å²) in [6.07, 6.45) is 3.04. The number of halogens is 2. The lowest BCUT2D eigenvalue weighted by molar-refractivity contribution is -0.130. The van der Waals surface area contributed by atoms with E-state index in [0.29, 0.717) is 36.1 Å². The highest BCUT2D eigenvalue weighted by Gasteiger charge is 2.37. The second-order valence-corrected chi connectivity index (χ2v) is 7.86. The minimum Gasteiger partial charge on any atom is -0.381 e. The van der Waals surface area contributed by atoms with Crippen LogP contribution in [0.2, 0.25) is 10.0 Å². The fourth-order valence-corrected chi connectivity index (χ4v) is 3.74. The Labute approximate surface area is 158 Å². The number of carbonyl (C=O) groups excluding carboxylic acids is 1. The van der Waals surface area contributed by atoms with Gasteiger partial charge in [0.15, 0.2) is 0 Å². The van der Waals surface area contributed by atoms with Gasteiger partial charge < -0.3 is 15.8 Å². The van der Waals surface area contributed by atoms with Gasteiger partial charge in [-0.1, -0.05) is 29.3 Å². The molecule has 2 saturated heterocycles. The Morgan fingerprint density at radius 3 is 2.56 bits per heavy atom. The van der Waals surface area contributed by atoms with Crippen molar-refractivity contribution in [3.63, 3.8) is 0 Å². The lowest BCUT2D eigenvalue weighted by atomic mass is 9.89. The third-order valence-corrected chi connectivity index (χ3v) is 5.89. The van der Waals surface area contributed by atoms with Crippen molar-refractivity contribution in [1.82, 2.24) is 10.2 Å². The highest BCUT2D eigenvalue weighted by molar-refractivity contribution is 6.42. The Hall–Kier alpha value is -0.850. The molecule has 3 N–H and O–H groups in total. The van der Waals surface area contributed by atoms with Crippen molar-refractivity contribution in [2.45, 2.75) is 43.8 Å². The molecule has 1 amide bonds. The maximum atomic E-state index is 12.5. The van der Waals surface area contributed by atoms with Crippen LogP contribution < -0.4 is 11.1 Å². The van der Waals surface area contributed by atoms with Crippen molar-refractivity contribution >= 4 is 29.1 Å². The van der Waals surface area contributed by atoms with E-state index in [1.54, 1.807) is 0 Å². The molecule has 7 heteroatoms. The van der Waals surface area contributed by atoms with Crippen LogP contribution in [0, 0.1) is 0 Å². The summed E-state index contributed by atoms with van der Waals surface area (Å²) in [6.45, 7) is 3.84. The highest BCUT2D eigenvalue weighted by Crippen LogP contribution is 2.24. The number of hydrogen-bond donors (Lipinski definition) is 2. The van der Waals surface area contributed by atoms with Crippen LogP contribution in [0.4, 0.5) is 0 Å². The number of nitrogens with one attached hydrogen (secondary N) is 1. The van der Waals surface area contributed by atoms with Crippen molar-refractivity contribution < 1.29 is 9.53 Å².